The molecule has 0 aliphatic carbocycles. The molecule has 6 heteroatoms. The number of nitrogens with zero attached hydrogens (tertiary/aromatic N) is 1. The molecule has 0 amide bonds. The Hall–Kier alpha value is -1.17. The zero-order chi connectivity index (χ0) is 11.0. The minimum atomic E-state index is -2.60. The van der Waals surface area contributed by atoms with E-state index < -0.39 is 6.43 Å². The molecule has 80 valence electrons. The average molecular weight is 277 g/mol. The fourth-order valence-electron chi connectivity index (χ4n) is 1.42. The van der Waals surface area contributed by atoms with Gasteiger partial charge in [-0.25, -0.2) is 8.78 Å². The van der Waals surface area contributed by atoms with Crippen LogP contribution in [0.25, 0.3) is 10.9 Å². The number of ether oxygens (including phenoxy) is 1. The first kappa shape index (κ1) is 10.4. The summed E-state index contributed by atoms with van der Waals surface area (Å²) in [6, 6.07) is 3.32. The van der Waals surface area contributed by atoms with Crippen LogP contribution in [0.15, 0.2) is 16.6 Å². The molecule has 1 aromatic carbocycles. The van der Waals surface area contributed by atoms with Crippen molar-refractivity contribution in [1.82, 2.24) is 10.2 Å². The van der Waals surface area contributed by atoms with Crippen LogP contribution >= 0.6 is 15.9 Å². The Bertz CT molecular complexity index is 498. The molecule has 0 aliphatic rings. The van der Waals surface area contributed by atoms with Gasteiger partial charge < -0.3 is 4.74 Å². The lowest BCUT2D eigenvalue weighted by atomic mass is 10.2. The van der Waals surface area contributed by atoms with E-state index in [4.69, 9.17) is 4.74 Å². The molecule has 15 heavy (non-hydrogen) atoms. The van der Waals surface area contributed by atoms with Crippen molar-refractivity contribution in [3.8, 4) is 5.75 Å². The lowest BCUT2D eigenvalue weighted by molar-refractivity contribution is 0.147. The zero-order valence-electron chi connectivity index (χ0n) is 7.72. The van der Waals surface area contributed by atoms with E-state index in [-0.39, 0.29) is 5.69 Å². The number of aromatic nitrogens is 2. The van der Waals surface area contributed by atoms with Crippen molar-refractivity contribution in [3.05, 3.63) is 22.3 Å². The Labute approximate surface area is 92.6 Å². The second-order valence-corrected chi connectivity index (χ2v) is 3.77. The largest absolute Gasteiger partial charge is 0.496 e. The monoisotopic (exact) mass is 276 g/mol. The van der Waals surface area contributed by atoms with Gasteiger partial charge in [0.1, 0.15) is 17.0 Å². The Morgan fingerprint density at radius 2 is 2.20 bits per heavy atom. The number of nitrogens with one attached hydrogen (secondary N) is 1. The van der Waals surface area contributed by atoms with Crippen molar-refractivity contribution >= 4 is 26.8 Å². The maximum Gasteiger partial charge on any atom is 0.280 e. The predicted octanol–water partition coefficient (Wildman–Crippen LogP) is 3.27. The third kappa shape index (κ3) is 1.58. The second kappa shape index (κ2) is 3.77. The fraction of sp³-hybridized carbons (Fsp3) is 0.222. The maximum atomic E-state index is 12.6. The summed E-state index contributed by atoms with van der Waals surface area (Å²) in [5.41, 5.74) is 0.229. The van der Waals surface area contributed by atoms with E-state index >= 15 is 0 Å². The highest BCUT2D eigenvalue weighted by atomic mass is 79.9. The summed E-state index contributed by atoms with van der Waals surface area (Å²) in [6.07, 6.45) is -2.60. The standard InChI is InChI=1S/C9H7BrF2N2O/c1-15-5-3-2-4(10)7-6(5)8(9(11)12)14-13-7/h2-3,9H,1H3,(H,13,14). The molecule has 0 bridgehead atoms. The van der Waals surface area contributed by atoms with Crippen molar-refractivity contribution in [2.75, 3.05) is 7.11 Å². The SMILES string of the molecule is COc1ccc(Br)c2n[nH]c(C(F)F)c12. The van der Waals surface area contributed by atoms with Crippen LogP contribution in [0, 0.1) is 0 Å². The first-order chi connectivity index (χ1) is 7.15. The van der Waals surface area contributed by atoms with Gasteiger partial charge in [0.05, 0.1) is 12.5 Å². The van der Waals surface area contributed by atoms with E-state index in [9.17, 15) is 8.78 Å². The minimum absolute atomic E-state index is 0.219. The van der Waals surface area contributed by atoms with Crippen LogP contribution in [0.1, 0.15) is 12.1 Å². The number of aromatic amines is 1. The summed E-state index contributed by atoms with van der Waals surface area (Å²) >= 11 is 3.24. The van der Waals surface area contributed by atoms with Crippen molar-refractivity contribution < 1.29 is 13.5 Å². The summed E-state index contributed by atoms with van der Waals surface area (Å²) < 4.78 is 30.9. The van der Waals surface area contributed by atoms with Crippen molar-refractivity contribution in [1.29, 1.82) is 0 Å². The van der Waals surface area contributed by atoms with E-state index in [1.54, 1.807) is 12.1 Å². The third-order valence-corrected chi connectivity index (χ3v) is 2.73. The van der Waals surface area contributed by atoms with Crippen LogP contribution in [-0.2, 0) is 0 Å². The van der Waals surface area contributed by atoms with Gasteiger partial charge in [-0.05, 0) is 28.1 Å². The lowest BCUT2D eigenvalue weighted by Crippen LogP contribution is -1.89. The molecule has 2 aromatic rings. The van der Waals surface area contributed by atoms with E-state index in [0.29, 0.717) is 21.1 Å². The third-order valence-electron chi connectivity index (χ3n) is 2.09. The normalized spacial score (nSPS) is 11.3. The van der Waals surface area contributed by atoms with Crippen LogP contribution in [-0.4, -0.2) is 17.3 Å². The Morgan fingerprint density at radius 1 is 1.47 bits per heavy atom. The number of hydrogen-bond donors (Lipinski definition) is 1. The Balaban J connectivity index is 2.81. The highest BCUT2D eigenvalue weighted by Gasteiger charge is 2.19. The first-order valence-corrected chi connectivity index (χ1v) is 4.93. The Kier molecular flexibility index (Phi) is 2.60. The van der Waals surface area contributed by atoms with Gasteiger partial charge >= 0.3 is 0 Å². The molecule has 0 atom stereocenters. The lowest BCUT2D eigenvalue weighted by Gasteiger charge is -2.03. The van der Waals surface area contributed by atoms with Crippen molar-refractivity contribution in [3.63, 3.8) is 0 Å². The molecular weight excluding hydrogens is 270 g/mol. The highest BCUT2D eigenvalue weighted by molar-refractivity contribution is 9.10. The molecule has 1 heterocycles. The molecule has 0 unspecified atom stereocenters. The van der Waals surface area contributed by atoms with Crippen LogP contribution in [0.5, 0.6) is 5.75 Å². The van der Waals surface area contributed by atoms with Gasteiger partial charge in [-0.1, -0.05) is 0 Å². The number of rotatable bonds is 2. The topological polar surface area (TPSA) is 37.9 Å². The molecule has 0 aliphatic heterocycles. The number of fused-ring (bicyclic) bond motifs is 1. The number of benzene rings is 1. The van der Waals surface area contributed by atoms with Gasteiger partial charge in [-0.3, -0.25) is 5.10 Å². The molecule has 0 saturated carbocycles. The van der Waals surface area contributed by atoms with Crippen molar-refractivity contribution in [2.45, 2.75) is 6.43 Å². The predicted molar refractivity (Wildman–Crippen MR) is 55.3 cm³/mol. The number of halogens is 3. The number of alkyl halides is 2. The summed E-state index contributed by atoms with van der Waals surface area (Å²) in [4.78, 5) is 0. The van der Waals surface area contributed by atoms with Gasteiger partial charge in [0.25, 0.3) is 6.43 Å². The molecule has 0 fully saturated rings. The fourth-order valence-corrected chi connectivity index (χ4v) is 1.84. The zero-order valence-corrected chi connectivity index (χ0v) is 9.31. The molecule has 2 rings (SSSR count). The Morgan fingerprint density at radius 3 is 2.80 bits per heavy atom. The summed E-state index contributed by atoms with van der Waals surface area (Å²) in [5, 5.41) is 6.46. The molecule has 3 nitrogen and oxygen atoms in total. The summed E-state index contributed by atoms with van der Waals surface area (Å²) in [5.74, 6) is 0.386. The molecular formula is C9H7BrF2N2O. The van der Waals surface area contributed by atoms with Crippen molar-refractivity contribution in [2.24, 2.45) is 0 Å². The van der Waals surface area contributed by atoms with Gasteiger partial charge in [0.15, 0.2) is 0 Å². The van der Waals surface area contributed by atoms with Gasteiger partial charge in [-0.2, -0.15) is 5.10 Å². The summed E-state index contributed by atoms with van der Waals surface area (Å²) in [7, 11) is 1.44. The number of hydrogen-bond acceptors (Lipinski definition) is 2. The van der Waals surface area contributed by atoms with Gasteiger partial charge in [0.2, 0.25) is 0 Å². The average Bonchev–Trinajstić information content (AvgIpc) is 2.64. The number of H-pyrrole nitrogens is 1. The second-order valence-electron chi connectivity index (χ2n) is 2.91. The van der Waals surface area contributed by atoms with E-state index in [0.717, 1.165) is 0 Å². The maximum absolute atomic E-state index is 12.6. The van der Waals surface area contributed by atoms with Crippen LogP contribution in [0.3, 0.4) is 0 Å². The molecule has 1 aromatic heterocycles. The van der Waals surface area contributed by atoms with E-state index in [1.807, 2.05) is 0 Å². The number of methoxy groups -OCH3 is 1. The van der Waals surface area contributed by atoms with Gasteiger partial charge in [0, 0.05) is 4.47 Å². The smallest absolute Gasteiger partial charge is 0.280 e. The van der Waals surface area contributed by atoms with E-state index in [1.165, 1.54) is 7.11 Å². The minimum Gasteiger partial charge on any atom is -0.496 e. The quantitative estimate of drug-likeness (QED) is 0.914. The van der Waals surface area contributed by atoms with E-state index in [2.05, 4.69) is 26.1 Å². The van der Waals surface area contributed by atoms with Gasteiger partial charge in [-0.15, -0.1) is 0 Å². The molecule has 0 radical (unpaired) electrons. The molecule has 1 N–H and O–H groups in total. The highest BCUT2D eigenvalue weighted by Crippen LogP contribution is 2.36. The van der Waals surface area contributed by atoms with Crippen LogP contribution < -0.4 is 4.74 Å². The summed E-state index contributed by atoms with van der Waals surface area (Å²) in [6.45, 7) is 0. The molecule has 0 spiro atoms. The molecule has 0 saturated heterocycles. The first-order valence-electron chi connectivity index (χ1n) is 4.13. The van der Waals surface area contributed by atoms with Crippen LogP contribution in [0.4, 0.5) is 8.78 Å². The van der Waals surface area contributed by atoms with Crippen LogP contribution in [0.2, 0.25) is 0 Å².